The third kappa shape index (κ3) is 4.11. The number of carbonyl (C=O) groups is 1. The highest BCUT2D eigenvalue weighted by molar-refractivity contribution is 6.31. The Bertz CT molecular complexity index is 560. The molecular weight excluding hydrogens is 335 g/mol. The van der Waals surface area contributed by atoms with Crippen LogP contribution in [0.2, 0.25) is 5.02 Å². The van der Waals surface area contributed by atoms with Crippen molar-refractivity contribution in [2.75, 3.05) is 25.0 Å². The first-order valence-corrected chi connectivity index (χ1v) is 8.46. The molecule has 1 aliphatic heterocycles. The van der Waals surface area contributed by atoms with E-state index in [2.05, 4.69) is 17.6 Å². The van der Waals surface area contributed by atoms with Gasteiger partial charge >= 0.3 is 0 Å². The Kier molecular flexibility index (Phi) is 6.18. The molecule has 2 aliphatic rings. The van der Waals surface area contributed by atoms with Crippen LogP contribution in [0.5, 0.6) is 5.75 Å². The van der Waals surface area contributed by atoms with Crippen LogP contribution in [0.25, 0.3) is 0 Å². The maximum absolute atomic E-state index is 12.6. The van der Waals surface area contributed by atoms with Crippen molar-refractivity contribution in [1.29, 1.82) is 0 Å². The topological polar surface area (TPSA) is 50.4 Å². The van der Waals surface area contributed by atoms with Crippen LogP contribution >= 0.6 is 24.0 Å². The zero-order chi connectivity index (χ0) is 15.6. The number of carbonyl (C=O) groups excluding carboxylic acids is 1. The fraction of sp³-hybridized carbons (Fsp3) is 0.588. The lowest BCUT2D eigenvalue weighted by molar-refractivity contribution is -0.118. The van der Waals surface area contributed by atoms with E-state index >= 15 is 0 Å². The fourth-order valence-corrected chi connectivity index (χ4v) is 3.53. The van der Waals surface area contributed by atoms with Gasteiger partial charge in [-0.2, -0.15) is 0 Å². The Labute approximate surface area is 148 Å². The lowest BCUT2D eigenvalue weighted by atomic mass is 9.92. The van der Waals surface area contributed by atoms with E-state index in [1.807, 2.05) is 6.07 Å². The smallest absolute Gasteiger partial charge is 0.228 e. The largest absolute Gasteiger partial charge is 0.491 e. The van der Waals surface area contributed by atoms with Crippen LogP contribution in [-0.2, 0) is 4.79 Å². The van der Waals surface area contributed by atoms with E-state index in [4.69, 9.17) is 16.3 Å². The van der Waals surface area contributed by atoms with Gasteiger partial charge in [-0.25, -0.2) is 0 Å². The molecule has 0 radical (unpaired) electrons. The van der Waals surface area contributed by atoms with E-state index in [1.54, 1.807) is 12.1 Å². The molecule has 2 fully saturated rings. The molecular formula is C17H24Cl2N2O2. The van der Waals surface area contributed by atoms with E-state index in [1.165, 1.54) is 0 Å². The number of rotatable bonds is 5. The first kappa shape index (κ1) is 18.4. The van der Waals surface area contributed by atoms with Crippen LogP contribution in [0.1, 0.15) is 32.6 Å². The van der Waals surface area contributed by atoms with Crippen LogP contribution in [-0.4, -0.2) is 25.6 Å². The number of benzene rings is 1. The number of hydrogen-bond donors (Lipinski definition) is 2. The molecule has 1 unspecified atom stereocenters. The minimum atomic E-state index is 0. The number of halogens is 2. The maximum Gasteiger partial charge on any atom is 0.228 e. The second kappa shape index (κ2) is 7.73. The molecule has 1 heterocycles. The van der Waals surface area contributed by atoms with E-state index in [9.17, 15) is 4.79 Å². The first-order chi connectivity index (χ1) is 10.6. The Morgan fingerprint density at radius 1 is 1.43 bits per heavy atom. The minimum Gasteiger partial charge on any atom is -0.491 e. The molecule has 1 aromatic carbocycles. The summed E-state index contributed by atoms with van der Waals surface area (Å²) in [6.45, 7) is 4.72. The Morgan fingerprint density at radius 3 is 2.87 bits per heavy atom. The average molecular weight is 359 g/mol. The monoisotopic (exact) mass is 358 g/mol. The Morgan fingerprint density at radius 2 is 2.17 bits per heavy atom. The molecule has 3 rings (SSSR count). The highest BCUT2D eigenvalue weighted by Gasteiger charge is 2.57. The number of anilines is 1. The van der Waals surface area contributed by atoms with Gasteiger partial charge in [-0.15, -0.1) is 12.4 Å². The van der Waals surface area contributed by atoms with Crippen molar-refractivity contribution in [3.8, 4) is 5.75 Å². The number of hydrogen-bond acceptors (Lipinski definition) is 3. The SMILES string of the molecule is CCCOc1ccc(Cl)cc1NC(=O)C1CC12CCNCC2.Cl. The Balaban J connectivity index is 0.00000192. The normalized spacial score (nSPS) is 21.4. The summed E-state index contributed by atoms with van der Waals surface area (Å²) in [5.41, 5.74) is 0.917. The zero-order valence-corrected chi connectivity index (χ0v) is 14.9. The molecule has 1 saturated heterocycles. The summed E-state index contributed by atoms with van der Waals surface area (Å²) in [5, 5.41) is 6.99. The zero-order valence-electron chi connectivity index (χ0n) is 13.4. The molecule has 128 valence electrons. The fourth-order valence-electron chi connectivity index (χ4n) is 3.35. The molecule has 0 aromatic heterocycles. The number of nitrogens with one attached hydrogen (secondary N) is 2. The van der Waals surface area contributed by atoms with E-state index in [0.29, 0.717) is 23.1 Å². The molecule has 1 aliphatic carbocycles. The van der Waals surface area contributed by atoms with E-state index < -0.39 is 0 Å². The maximum atomic E-state index is 12.6. The van der Waals surface area contributed by atoms with Gasteiger partial charge in [-0.05, 0) is 62.4 Å². The molecule has 0 bridgehead atoms. The van der Waals surface area contributed by atoms with Gasteiger partial charge in [-0.1, -0.05) is 18.5 Å². The predicted molar refractivity (Wildman–Crippen MR) is 95.8 cm³/mol. The molecule has 23 heavy (non-hydrogen) atoms. The number of piperidine rings is 1. The van der Waals surface area contributed by atoms with Crippen molar-refractivity contribution in [2.24, 2.45) is 11.3 Å². The van der Waals surface area contributed by atoms with Gasteiger partial charge in [0.1, 0.15) is 5.75 Å². The third-order valence-corrected chi connectivity index (χ3v) is 5.00. The molecule has 2 N–H and O–H groups in total. The third-order valence-electron chi connectivity index (χ3n) is 4.77. The molecule has 1 spiro atoms. The van der Waals surface area contributed by atoms with Crippen LogP contribution in [0.4, 0.5) is 5.69 Å². The van der Waals surface area contributed by atoms with Crippen molar-refractivity contribution in [2.45, 2.75) is 32.6 Å². The second-order valence-electron chi connectivity index (χ2n) is 6.35. The minimum absolute atomic E-state index is 0. The van der Waals surface area contributed by atoms with Crippen molar-refractivity contribution in [1.82, 2.24) is 5.32 Å². The quantitative estimate of drug-likeness (QED) is 0.839. The van der Waals surface area contributed by atoms with Crippen LogP contribution in [0.15, 0.2) is 18.2 Å². The lowest BCUT2D eigenvalue weighted by Gasteiger charge is -2.23. The lowest BCUT2D eigenvalue weighted by Crippen LogP contribution is -2.31. The van der Waals surface area contributed by atoms with Gasteiger partial charge < -0.3 is 15.4 Å². The van der Waals surface area contributed by atoms with E-state index in [0.717, 1.165) is 38.8 Å². The summed E-state index contributed by atoms with van der Waals surface area (Å²) in [5.74, 6) is 0.928. The van der Waals surface area contributed by atoms with Crippen LogP contribution in [0.3, 0.4) is 0 Å². The van der Waals surface area contributed by atoms with E-state index in [-0.39, 0.29) is 29.6 Å². The standard InChI is InChI=1S/C17H23ClN2O2.ClH/c1-2-9-22-15-4-3-12(18)10-14(15)20-16(21)13-11-17(13)5-7-19-8-6-17;/h3-4,10,13,19H,2,5-9,11H2,1H3,(H,20,21);1H. The van der Waals surface area contributed by atoms with Crippen molar-refractivity contribution in [3.63, 3.8) is 0 Å². The summed E-state index contributed by atoms with van der Waals surface area (Å²) in [6.07, 6.45) is 4.13. The Hall–Kier alpha value is -0.970. The van der Waals surface area contributed by atoms with Gasteiger partial charge in [0.15, 0.2) is 0 Å². The van der Waals surface area contributed by atoms with Gasteiger partial charge in [0.2, 0.25) is 5.91 Å². The van der Waals surface area contributed by atoms with Gasteiger partial charge in [0.05, 0.1) is 12.3 Å². The van der Waals surface area contributed by atoms with Gasteiger partial charge in [0, 0.05) is 10.9 Å². The predicted octanol–water partition coefficient (Wildman–Crippen LogP) is 3.88. The summed E-state index contributed by atoms with van der Waals surface area (Å²) in [7, 11) is 0. The molecule has 1 saturated carbocycles. The molecule has 1 aromatic rings. The molecule has 1 atom stereocenters. The molecule has 6 heteroatoms. The van der Waals surface area contributed by atoms with Gasteiger partial charge in [-0.3, -0.25) is 4.79 Å². The summed E-state index contributed by atoms with van der Waals surface area (Å²) >= 11 is 6.06. The molecule has 4 nitrogen and oxygen atoms in total. The van der Waals surface area contributed by atoms with Gasteiger partial charge in [0.25, 0.3) is 0 Å². The summed E-state index contributed by atoms with van der Waals surface area (Å²) < 4.78 is 5.70. The van der Waals surface area contributed by atoms with Crippen molar-refractivity contribution >= 4 is 35.6 Å². The highest BCUT2D eigenvalue weighted by Crippen LogP contribution is 2.58. The van der Waals surface area contributed by atoms with Crippen molar-refractivity contribution < 1.29 is 9.53 Å². The first-order valence-electron chi connectivity index (χ1n) is 8.08. The summed E-state index contributed by atoms with van der Waals surface area (Å²) in [6, 6.07) is 5.37. The average Bonchev–Trinajstić information content (AvgIpc) is 3.20. The number of amides is 1. The van der Waals surface area contributed by atoms with Crippen molar-refractivity contribution in [3.05, 3.63) is 23.2 Å². The highest BCUT2D eigenvalue weighted by atomic mass is 35.5. The summed E-state index contributed by atoms with van der Waals surface area (Å²) in [4.78, 5) is 12.6. The van der Waals surface area contributed by atoms with Crippen LogP contribution in [0, 0.1) is 11.3 Å². The second-order valence-corrected chi connectivity index (χ2v) is 6.78. The molecule has 1 amide bonds. The van der Waals surface area contributed by atoms with Crippen LogP contribution < -0.4 is 15.4 Å². The number of ether oxygens (including phenoxy) is 1.